The Morgan fingerprint density at radius 1 is 0.818 bits per heavy atom. The van der Waals surface area contributed by atoms with Crippen LogP contribution in [0, 0.1) is 0 Å². The largest absolute Gasteiger partial charge is 0.338 e. The predicted octanol–water partition coefficient (Wildman–Crippen LogP) is 6.33. The Kier molecular flexibility index (Phi) is 13.2. The molecule has 0 N–H and O–H groups in total. The molecule has 0 fully saturated rings. The van der Waals surface area contributed by atoms with Crippen LogP contribution in [0.1, 0.15) is 96.8 Å². The van der Waals surface area contributed by atoms with Gasteiger partial charge in [0.25, 0.3) is 0 Å². The molecule has 0 aromatic heterocycles. The highest BCUT2D eigenvalue weighted by Crippen LogP contribution is 2.13. The summed E-state index contributed by atoms with van der Waals surface area (Å²) in [4.78, 5) is 6.39. The van der Waals surface area contributed by atoms with E-state index in [1.165, 1.54) is 89.9 Å². The molecule has 2 heteroatoms. The fourth-order valence-electron chi connectivity index (χ4n) is 3.00. The van der Waals surface area contributed by atoms with E-state index in [0.29, 0.717) is 0 Å². The van der Waals surface area contributed by atoms with Crippen LogP contribution in [0.5, 0.6) is 0 Å². The van der Waals surface area contributed by atoms with Crippen LogP contribution in [-0.4, -0.2) is 24.3 Å². The smallest absolute Gasteiger partial charge is 0.0890 e. The zero-order valence-corrected chi connectivity index (χ0v) is 14.9. The van der Waals surface area contributed by atoms with Gasteiger partial charge in [0.15, 0.2) is 0 Å². The molecule has 2 nitrogen and oxygen atoms in total. The van der Waals surface area contributed by atoms with Crippen molar-refractivity contribution < 1.29 is 0 Å². The van der Waals surface area contributed by atoms with E-state index in [1.807, 2.05) is 6.34 Å². The van der Waals surface area contributed by atoms with Gasteiger partial charge in [0, 0.05) is 12.7 Å². The number of unbranched alkanes of at least 4 members (excludes halogenated alkanes) is 13. The van der Waals surface area contributed by atoms with Gasteiger partial charge in [-0.15, -0.1) is 0 Å². The Morgan fingerprint density at radius 2 is 1.36 bits per heavy atom. The summed E-state index contributed by atoms with van der Waals surface area (Å²) in [5, 5.41) is 0. The fraction of sp³-hybridized carbons (Fsp3) is 0.850. The first kappa shape index (κ1) is 19.3. The molecule has 1 aliphatic rings. The average Bonchev–Trinajstić information content (AvgIpc) is 3.04. The molecule has 0 saturated heterocycles. The minimum Gasteiger partial charge on any atom is -0.338 e. The summed E-state index contributed by atoms with van der Waals surface area (Å²) < 4.78 is 0. The lowest BCUT2D eigenvalue weighted by Gasteiger charge is -2.05. The molecule has 0 aromatic rings. The van der Waals surface area contributed by atoms with Gasteiger partial charge in [0.05, 0.1) is 12.9 Å². The minimum atomic E-state index is 0.961. The number of nitrogens with zero attached hydrogens (tertiary/aromatic N) is 2. The number of hydrogen-bond donors (Lipinski definition) is 0. The zero-order chi connectivity index (χ0) is 15.7. The maximum Gasteiger partial charge on any atom is 0.0890 e. The van der Waals surface area contributed by atoms with Crippen molar-refractivity contribution in [2.45, 2.75) is 96.8 Å². The Hall–Kier alpha value is -0.790. The first-order chi connectivity index (χ1) is 10.9. The predicted molar refractivity (Wildman–Crippen MR) is 99.5 cm³/mol. The van der Waals surface area contributed by atoms with E-state index in [1.54, 1.807) is 0 Å². The van der Waals surface area contributed by atoms with Crippen LogP contribution in [0.2, 0.25) is 0 Å². The number of aliphatic imine (C=N–C) groups is 1. The fourth-order valence-corrected chi connectivity index (χ4v) is 3.00. The molecule has 0 radical (unpaired) electrons. The van der Waals surface area contributed by atoms with E-state index in [9.17, 15) is 0 Å². The Labute approximate surface area is 139 Å². The third kappa shape index (κ3) is 11.8. The van der Waals surface area contributed by atoms with E-state index >= 15 is 0 Å². The van der Waals surface area contributed by atoms with Gasteiger partial charge in [-0.25, -0.2) is 0 Å². The summed E-state index contributed by atoms with van der Waals surface area (Å²) in [7, 11) is 0. The third-order valence-corrected chi connectivity index (χ3v) is 4.49. The highest BCUT2D eigenvalue weighted by molar-refractivity contribution is 5.58. The molecule has 1 aliphatic heterocycles. The van der Waals surface area contributed by atoms with Crippen LogP contribution in [0.15, 0.2) is 17.3 Å². The van der Waals surface area contributed by atoms with Gasteiger partial charge in [0.2, 0.25) is 0 Å². The Morgan fingerprint density at radius 3 is 1.86 bits per heavy atom. The second-order valence-corrected chi connectivity index (χ2v) is 6.68. The SMILES string of the molecule is CCCCCCCCCCCCCCC/C=C/N1C=NCC1. The van der Waals surface area contributed by atoms with Crippen LogP contribution in [0.25, 0.3) is 0 Å². The monoisotopic (exact) mass is 306 g/mol. The van der Waals surface area contributed by atoms with Gasteiger partial charge in [-0.05, 0) is 12.8 Å². The maximum absolute atomic E-state index is 4.20. The number of allylic oxidation sites excluding steroid dienone is 1. The van der Waals surface area contributed by atoms with Crippen LogP contribution in [0.4, 0.5) is 0 Å². The van der Waals surface area contributed by atoms with Crippen molar-refractivity contribution in [3.05, 3.63) is 12.3 Å². The first-order valence-corrected chi connectivity index (χ1v) is 9.86. The summed E-state index contributed by atoms with van der Waals surface area (Å²) in [5.41, 5.74) is 0. The number of rotatable bonds is 15. The average molecular weight is 307 g/mol. The van der Waals surface area contributed by atoms with Gasteiger partial charge in [-0.2, -0.15) is 0 Å². The van der Waals surface area contributed by atoms with Crippen molar-refractivity contribution >= 4 is 6.34 Å². The van der Waals surface area contributed by atoms with Crippen molar-refractivity contribution in [3.8, 4) is 0 Å². The van der Waals surface area contributed by atoms with E-state index in [2.05, 4.69) is 29.1 Å². The van der Waals surface area contributed by atoms with E-state index in [-0.39, 0.29) is 0 Å². The minimum absolute atomic E-state index is 0.961. The molecule has 0 atom stereocenters. The van der Waals surface area contributed by atoms with Crippen LogP contribution in [-0.2, 0) is 0 Å². The molecule has 0 saturated carbocycles. The molecule has 128 valence electrons. The normalized spacial score (nSPS) is 14.5. The molecule has 1 heterocycles. The summed E-state index contributed by atoms with van der Waals surface area (Å²) in [6.07, 6.45) is 26.3. The lowest BCUT2D eigenvalue weighted by molar-refractivity contribution is 0.539. The van der Waals surface area contributed by atoms with Crippen LogP contribution < -0.4 is 0 Å². The molecule has 0 unspecified atom stereocenters. The summed E-state index contributed by atoms with van der Waals surface area (Å²) in [5.74, 6) is 0. The lowest BCUT2D eigenvalue weighted by Crippen LogP contribution is -2.10. The third-order valence-electron chi connectivity index (χ3n) is 4.49. The molecule has 0 amide bonds. The maximum atomic E-state index is 4.20. The molecule has 0 spiro atoms. The summed E-state index contributed by atoms with van der Waals surface area (Å²) in [6.45, 7) is 4.32. The highest BCUT2D eigenvalue weighted by atomic mass is 15.2. The van der Waals surface area contributed by atoms with Crippen molar-refractivity contribution in [2.24, 2.45) is 4.99 Å². The zero-order valence-electron chi connectivity index (χ0n) is 14.9. The molecule has 22 heavy (non-hydrogen) atoms. The molecular formula is C20H38N2. The first-order valence-electron chi connectivity index (χ1n) is 9.86. The van der Waals surface area contributed by atoms with Crippen molar-refractivity contribution in [1.82, 2.24) is 4.90 Å². The van der Waals surface area contributed by atoms with Gasteiger partial charge >= 0.3 is 0 Å². The number of hydrogen-bond acceptors (Lipinski definition) is 2. The molecule has 0 aliphatic carbocycles. The van der Waals surface area contributed by atoms with E-state index in [4.69, 9.17) is 0 Å². The van der Waals surface area contributed by atoms with Gasteiger partial charge in [-0.1, -0.05) is 90.0 Å². The molecule has 1 rings (SSSR count). The van der Waals surface area contributed by atoms with E-state index < -0.39 is 0 Å². The van der Waals surface area contributed by atoms with Gasteiger partial charge in [-0.3, -0.25) is 4.99 Å². The van der Waals surface area contributed by atoms with Crippen molar-refractivity contribution in [1.29, 1.82) is 0 Å². The van der Waals surface area contributed by atoms with Crippen molar-refractivity contribution in [2.75, 3.05) is 13.1 Å². The van der Waals surface area contributed by atoms with Crippen LogP contribution >= 0.6 is 0 Å². The Balaban J connectivity index is 1.70. The lowest BCUT2D eigenvalue weighted by atomic mass is 10.0. The summed E-state index contributed by atoms with van der Waals surface area (Å²) in [6, 6.07) is 0. The standard InChI is InChI=1S/C20H38N2/c1-2-3-4-5-6-7-8-9-10-11-12-13-14-15-16-18-22-19-17-21-20-22/h16,18,20H,2-15,17,19H2,1H3/b18-16+. The van der Waals surface area contributed by atoms with Gasteiger partial charge in [0.1, 0.15) is 0 Å². The van der Waals surface area contributed by atoms with Crippen LogP contribution in [0.3, 0.4) is 0 Å². The molecule has 0 bridgehead atoms. The van der Waals surface area contributed by atoms with Crippen molar-refractivity contribution in [3.63, 3.8) is 0 Å². The van der Waals surface area contributed by atoms with Gasteiger partial charge < -0.3 is 4.90 Å². The second kappa shape index (κ2) is 15.1. The summed E-state index contributed by atoms with van der Waals surface area (Å²) >= 11 is 0. The topological polar surface area (TPSA) is 15.6 Å². The highest BCUT2D eigenvalue weighted by Gasteiger charge is 1.99. The second-order valence-electron chi connectivity index (χ2n) is 6.68. The Bertz CT molecular complexity index is 283. The molecular weight excluding hydrogens is 268 g/mol. The van der Waals surface area contributed by atoms with E-state index in [0.717, 1.165) is 13.1 Å². The quantitative estimate of drug-likeness (QED) is 0.323. The molecule has 0 aromatic carbocycles.